The molecule has 1 amide bonds. The van der Waals surface area contributed by atoms with Gasteiger partial charge in [-0.3, -0.25) is 4.79 Å². The summed E-state index contributed by atoms with van der Waals surface area (Å²) in [6, 6.07) is 0. The normalized spacial score (nSPS) is 10.0. The first-order valence-electron chi connectivity index (χ1n) is 4.02. The maximum absolute atomic E-state index is 10.7. The summed E-state index contributed by atoms with van der Waals surface area (Å²) in [4.78, 5) is 14.7. The highest BCUT2D eigenvalue weighted by Crippen LogP contribution is 2.03. The van der Waals surface area contributed by atoms with Crippen molar-refractivity contribution in [2.75, 3.05) is 5.88 Å². The number of aryl methyl sites for hydroxylation is 1. The average Bonchev–Trinajstić information content (AvgIpc) is 2.61. The van der Waals surface area contributed by atoms with E-state index in [0.29, 0.717) is 12.4 Å². The predicted molar refractivity (Wildman–Crippen MR) is 48.4 cm³/mol. The van der Waals surface area contributed by atoms with Gasteiger partial charge >= 0.3 is 0 Å². The average molecular weight is 203 g/mol. The summed E-state index contributed by atoms with van der Waals surface area (Å²) >= 11 is 5.29. The van der Waals surface area contributed by atoms with Gasteiger partial charge in [-0.2, -0.15) is 0 Å². The molecule has 1 heterocycles. The lowest BCUT2D eigenvalue weighted by Gasteiger charge is -1.97. The van der Waals surface area contributed by atoms with Crippen LogP contribution in [0.3, 0.4) is 0 Å². The molecule has 0 saturated carbocycles. The first kappa shape index (κ1) is 10.1. The van der Waals surface area contributed by atoms with Crippen LogP contribution in [0.4, 0.5) is 0 Å². The van der Waals surface area contributed by atoms with Crippen LogP contribution in [0.15, 0.2) is 10.6 Å². The molecule has 72 valence electrons. The minimum atomic E-state index is -0.224. The standard InChI is InChI=1S/C8H11ClN2O2/c1-2-6-4-11-8(13-6)5-10-7(12)3-9/h4H,2-3,5H2,1H3,(H,10,12). The van der Waals surface area contributed by atoms with Gasteiger partial charge in [-0.25, -0.2) is 4.98 Å². The lowest BCUT2D eigenvalue weighted by atomic mass is 10.4. The second-order valence-corrected chi connectivity index (χ2v) is 2.75. The maximum Gasteiger partial charge on any atom is 0.235 e. The second-order valence-electron chi connectivity index (χ2n) is 2.48. The van der Waals surface area contributed by atoms with Crippen molar-refractivity contribution in [3.05, 3.63) is 17.8 Å². The molecule has 0 unspecified atom stereocenters. The third kappa shape index (κ3) is 3.06. The molecule has 0 radical (unpaired) electrons. The van der Waals surface area contributed by atoms with Crippen LogP contribution in [0.1, 0.15) is 18.6 Å². The van der Waals surface area contributed by atoms with E-state index in [2.05, 4.69) is 10.3 Å². The number of carbonyl (C=O) groups is 1. The fourth-order valence-electron chi connectivity index (χ4n) is 0.815. The molecule has 0 bridgehead atoms. The van der Waals surface area contributed by atoms with Gasteiger partial charge in [-0.15, -0.1) is 11.6 Å². The minimum Gasteiger partial charge on any atom is -0.444 e. The molecule has 4 nitrogen and oxygen atoms in total. The molecule has 0 saturated heterocycles. The first-order chi connectivity index (χ1) is 6.26. The van der Waals surface area contributed by atoms with Gasteiger partial charge in [0.15, 0.2) is 0 Å². The van der Waals surface area contributed by atoms with E-state index in [9.17, 15) is 4.79 Å². The van der Waals surface area contributed by atoms with Gasteiger partial charge in [0.25, 0.3) is 0 Å². The number of hydrogen-bond donors (Lipinski definition) is 1. The molecule has 1 aromatic heterocycles. The van der Waals surface area contributed by atoms with E-state index in [4.69, 9.17) is 16.0 Å². The zero-order valence-electron chi connectivity index (χ0n) is 7.34. The van der Waals surface area contributed by atoms with E-state index in [-0.39, 0.29) is 11.8 Å². The van der Waals surface area contributed by atoms with Crippen molar-refractivity contribution in [2.24, 2.45) is 0 Å². The van der Waals surface area contributed by atoms with E-state index >= 15 is 0 Å². The van der Waals surface area contributed by atoms with Crippen LogP contribution in [-0.2, 0) is 17.8 Å². The smallest absolute Gasteiger partial charge is 0.235 e. The Hall–Kier alpha value is -1.03. The van der Waals surface area contributed by atoms with E-state index in [1.54, 1.807) is 6.20 Å². The fourth-order valence-corrected chi connectivity index (χ4v) is 0.909. The number of amides is 1. The lowest BCUT2D eigenvalue weighted by Crippen LogP contribution is -2.23. The number of aromatic nitrogens is 1. The van der Waals surface area contributed by atoms with Crippen molar-refractivity contribution in [3.8, 4) is 0 Å². The molecule has 1 aromatic rings. The highest BCUT2D eigenvalue weighted by Gasteiger charge is 2.03. The Kier molecular flexibility index (Phi) is 3.76. The van der Waals surface area contributed by atoms with Crippen LogP contribution in [0, 0.1) is 0 Å². The highest BCUT2D eigenvalue weighted by molar-refractivity contribution is 6.27. The van der Waals surface area contributed by atoms with Gasteiger partial charge in [0, 0.05) is 6.42 Å². The molecular weight excluding hydrogens is 192 g/mol. The number of oxazole rings is 1. The van der Waals surface area contributed by atoms with Crippen LogP contribution >= 0.6 is 11.6 Å². The molecule has 0 fully saturated rings. The largest absolute Gasteiger partial charge is 0.444 e. The van der Waals surface area contributed by atoms with Gasteiger partial charge in [0.2, 0.25) is 11.8 Å². The molecule has 0 aliphatic heterocycles. The SMILES string of the molecule is CCc1cnc(CNC(=O)CCl)o1. The van der Waals surface area contributed by atoms with Crippen molar-refractivity contribution < 1.29 is 9.21 Å². The molecule has 0 aliphatic carbocycles. The Labute approximate surface area is 81.3 Å². The summed E-state index contributed by atoms with van der Waals surface area (Å²) in [7, 11) is 0. The Morgan fingerprint density at radius 3 is 3.08 bits per heavy atom. The van der Waals surface area contributed by atoms with Crippen molar-refractivity contribution in [2.45, 2.75) is 19.9 Å². The minimum absolute atomic E-state index is 0.0403. The fraction of sp³-hybridized carbons (Fsp3) is 0.500. The number of hydrogen-bond acceptors (Lipinski definition) is 3. The van der Waals surface area contributed by atoms with Crippen LogP contribution in [0.2, 0.25) is 0 Å². The van der Waals surface area contributed by atoms with Crippen molar-refractivity contribution in [3.63, 3.8) is 0 Å². The number of halogens is 1. The van der Waals surface area contributed by atoms with Crippen molar-refractivity contribution in [1.29, 1.82) is 0 Å². The Morgan fingerprint density at radius 2 is 2.54 bits per heavy atom. The zero-order valence-corrected chi connectivity index (χ0v) is 8.10. The number of alkyl halides is 1. The van der Waals surface area contributed by atoms with Gasteiger partial charge in [0.05, 0.1) is 12.7 Å². The van der Waals surface area contributed by atoms with Crippen LogP contribution in [0.5, 0.6) is 0 Å². The van der Waals surface area contributed by atoms with Gasteiger partial charge in [-0.1, -0.05) is 6.92 Å². The number of nitrogens with one attached hydrogen (secondary N) is 1. The third-order valence-electron chi connectivity index (χ3n) is 1.51. The Balaban J connectivity index is 2.41. The molecule has 0 aliphatic rings. The van der Waals surface area contributed by atoms with Gasteiger partial charge in [0.1, 0.15) is 11.6 Å². The summed E-state index contributed by atoms with van der Waals surface area (Å²) in [6.45, 7) is 2.27. The number of nitrogens with zero attached hydrogens (tertiary/aromatic N) is 1. The van der Waals surface area contributed by atoms with E-state index < -0.39 is 0 Å². The van der Waals surface area contributed by atoms with Crippen LogP contribution in [0.25, 0.3) is 0 Å². The molecule has 0 aromatic carbocycles. The van der Waals surface area contributed by atoms with Crippen molar-refractivity contribution in [1.82, 2.24) is 10.3 Å². The molecule has 1 N–H and O–H groups in total. The topological polar surface area (TPSA) is 55.1 Å². The molecule has 13 heavy (non-hydrogen) atoms. The summed E-state index contributed by atoms with van der Waals surface area (Å²) in [6.07, 6.45) is 2.46. The van der Waals surface area contributed by atoms with E-state index in [1.165, 1.54) is 0 Å². The molecular formula is C8H11ClN2O2. The number of rotatable bonds is 4. The summed E-state index contributed by atoms with van der Waals surface area (Å²) in [5.41, 5.74) is 0. The van der Waals surface area contributed by atoms with E-state index in [0.717, 1.165) is 12.2 Å². The van der Waals surface area contributed by atoms with E-state index in [1.807, 2.05) is 6.92 Å². The molecule has 1 rings (SSSR count). The summed E-state index contributed by atoms with van der Waals surface area (Å²) in [5.74, 6) is 1.06. The summed E-state index contributed by atoms with van der Waals surface area (Å²) in [5, 5.41) is 2.56. The lowest BCUT2D eigenvalue weighted by molar-refractivity contribution is -0.118. The molecule has 5 heteroatoms. The second kappa shape index (κ2) is 4.87. The van der Waals surface area contributed by atoms with Crippen LogP contribution < -0.4 is 5.32 Å². The van der Waals surface area contributed by atoms with Gasteiger partial charge < -0.3 is 9.73 Å². The first-order valence-corrected chi connectivity index (χ1v) is 4.56. The maximum atomic E-state index is 10.7. The zero-order chi connectivity index (χ0) is 9.68. The summed E-state index contributed by atoms with van der Waals surface area (Å²) < 4.78 is 5.26. The Bertz CT molecular complexity index is 285. The molecule has 0 spiro atoms. The monoisotopic (exact) mass is 202 g/mol. The Morgan fingerprint density at radius 1 is 1.77 bits per heavy atom. The highest BCUT2D eigenvalue weighted by atomic mass is 35.5. The van der Waals surface area contributed by atoms with Gasteiger partial charge in [-0.05, 0) is 0 Å². The molecule has 0 atom stereocenters. The number of carbonyl (C=O) groups excluding carboxylic acids is 1. The van der Waals surface area contributed by atoms with Crippen LogP contribution in [-0.4, -0.2) is 16.8 Å². The van der Waals surface area contributed by atoms with Crippen molar-refractivity contribution >= 4 is 17.5 Å². The quantitative estimate of drug-likeness (QED) is 0.744. The predicted octanol–water partition coefficient (Wildman–Crippen LogP) is 1.09. The third-order valence-corrected chi connectivity index (χ3v) is 1.75.